The molecule has 3 heteroatoms. The second kappa shape index (κ2) is 5.74. The van der Waals surface area contributed by atoms with Crippen molar-refractivity contribution >= 4 is 5.91 Å². The number of hydrogen-bond donors (Lipinski definition) is 0. The summed E-state index contributed by atoms with van der Waals surface area (Å²) >= 11 is 0. The highest BCUT2D eigenvalue weighted by Gasteiger charge is 2.37. The first-order valence-corrected chi connectivity index (χ1v) is 7.06. The molecule has 0 aromatic heterocycles. The minimum Gasteiger partial charge on any atom is -0.351 e. The minimum absolute atomic E-state index is 0.0990. The molecule has 1 heterocycles. The number of benzene rings is 1. The van der Waals surface area contributed by atoms with Crippen molar-refractivity contribution in [2.45, 2.75) is 46.4 Å². The van der Waals surface area contributed by atoms with E-state index >= 15 is 0 Å². The molecule has 0 N–H and O–H groups in total. The van der Waals surface area contributed by atoms with Gasteiger partial charge in [0.05, 0.1) is 6.10 Å². The first kappa shape index (κ1) is 14.1. The maximum absolute atomic E-state index is 12.4. The lowest BCUT2D eigenvalue weighted by Crippen LogP contribution is -2.32. The summed E-state index contributed by atoms with van der Waals surface area (Å²) in [5.74, 6) is 0.679. The van der Waals surface area contributed by atoms with Crippen LogP contribution in [0.4, 0.5) is 0 Å². The van der Waals surface area contributed by atoms with Gasteiger partial charge in [-0.05, 0) is 32.3 Å². The summed E-state index contributed by atoms with van der Waals surface area (Å²) < 4.78 is 5.96. The van der Waals surface area contributed by atoms with Crippen LogP contribution in [0.2, 0.25) is 0 Å². The van der Waals surface area contributed by atoms with E-state index in [2.05, 4.69) is 13.8 Å². The third-order valence-electron chi connectivity index (χ3n) is 3.35. The maximum atomic E-state index is 12.4. The summed E-state index contributed by atoms with van der Waals surface area (Å²) in [7, 11) is 0. The molecule has 1 aromatic rings. The molecule has 1 aromatic carbocycles. The molecule has 1 amide bonds. The Bertz CT molecular complexity index is 454. The molecular weight excluding hydrogens is 238 g/mol. The van der Waals surface area contributed by atoms with Gasteiger partial charge in [0.25, 0.3) is 5.91 Å². The maximum Gasteiger partial charge on any atom is 0.256 e. The van der Waals surface area contributed by atoms with Gasteiger partial charge in [-0.3, -0.25) is 4.79 Å². The zero-order chi connectivity index (χ0) is 14.0. The van der Waals surface area contributed by atoms with Gasteiger partial charge in [0.1, 0.15) is 0 Å². The van der Waals surface area contributed by atoms with Crippen molar-refractivity contribution in [1.82, 2.24) is 4.90 Å². The lowest BCUT2D eigenvalue weighted by molar-refractivity contribution is -0.0696. The molecule has 2 rings (SSSR count). The van der Waals surface area contributed by atoms with Crippen LogP contribution in [0.25, 0.3) is 0 Å². The molecule has 104 valence electrons. The van der Waals surface area contributed by atoms with Gasteiger partial charge in [0, 0.05) is 17.7 Å². The van der Waals surface area contributed by atoms with Crippen molar-refractivity contribution < 1.29 is 9.53 Å². The first-order chi connectivity index (χ1) is 9.00. The van der Waals surface area contributed by atoms with Gasteiger partial charge in [-0.2, -0.15) is 0 Å². The highest BCUT2D eigenvalue weighted by molar-refractivity contribution is 5.98. The van der Waals surface area contributed by atoms with Gasteiger partial charge in [-0.1, -0.05) is 32.0 Å². The Kier molecular flexibility index (Phi) is 4.25. The second-order valence-corrected chi connectivity index (χ2v) is 5.81. The van der Waals surface area contributed by atoms with Gasteiger partial charge in [0.15, 0.2) is 6.23 Å². The monoisotopic (exact) mass is 261 g/mol. The van der Waals surface area contributed by atoms with Crippen LogP contribution in [-0.4, -0.2) is 23.5 Å². The predicted octanol–water partition coefficient (Wildman–Crippen LogP) is 3.61. The highest BCUT2D eigenvalue weighted by Crippen LogP contribution is 2.35. The zero-order valence-corrected chi connectivity index (χ0v) is 12.2. The van der Waals surface area contributed by atoms with Crippen molar-refractivity contribution in [3.63, 3.8) is 0 Å². The molecular formula is C16H23NO2. The Morgan fingerprint density at radius 2 is 1.89 bits per heavy atom. The average Bonchev–Trinajstić information content (AvgIpc) is 2.60. The van der Waals surface area contributed by atoms with Gasteiger partial charge in [0.2, 0.25) is 0 Å². The van der Waals surface area contributed by atoms with Crippen LogP contribution in [-0.2, 0) is 4.74 Å². The third kappa shape index (κ3) is 2.98. The summed E-state index contributed by atoms with van der Waals surface area (Å²) in [6.45, 7) is 9.11. The minimum atomic E-state index is -0.220. The van der Waals surface area contributed by atoms with Crippen LogP contribution in [0.3, 0.4) is 0 Å². The molecule has 0 spiro atoms. The van der Waals surface area contributed by atoms with E-state index in [1.807, 2.05) is 43.0 Å². The molecule has 0 saturated carbocycles. The van der Waals surface area contributed by atoms with E-state index in [1.54, 1.807) is 0 Å². The van der Waals surface area contributed by atoms with Gasteiger partial charge in [-0.25, -0.2) is 0 Å². The summed E-state index contributed by atoms with van der Waals surface area (Å²) in [6, 6.07) is 7.77. The molecule has 0 bridgehead atoms. The Balaban J connectivity index is 2.25. The molecule has 0 saturated heterocycles. The predicted molar refractivity (Wildman–Crippen MR) is 75.9 cm³/mol. The number of hydrogen-bond acceptors (Lipinski definition) is 2. The van der Waals surface area contributed by atoms with E-state index in [1.165, 1.54) is 0 Å². The molecule has 0 fully saturated rings. The fourth-order valence-electron chi connectivity index (χ4n) is 2.36. The largest absolute Gasteiger partial charge is 0.351 e. The Labute approximate surface area is 115 Å². The van der Waals surface area contributed by atoms with Gasteiger partial charge in [-0.15, -0.1) is 0 Å². The quantitative estimate of drug-likeness (QED) is 0.810. The van der Waals surface area contributed by atoms with Gasteiger partial charge >= 0.3 is 0 Å². The van der Waals surface area contributed by atoms with Crippen molar-refractivity contribution in [3.8, 4) is 0 Å². The second-order valence-electron chi connectivity index (χ2n) is 5.81. The molecule has 0 radical (unpaired) electrons. The van der Waals surface area contributed by atoms with Gasteiger partial charge < -0.3 is 9.64 Å². The van der Waals surface area contributed by atoms with Crippen LogP contribution in [0, 0.1) is 5.92 Å². The molecule has 0 aliphatic carbocycles. The van der Waals surface area contributed by atoms with E-state index in [0.717, 1.165) is 24.1 Å². The number of rotatable bonds is 5. The summed E-state index contributed by atoms with van der Waals surface area (Å²) in [4.78, 5) is 14.3. The van der Waals surface area contributed by atoms with E-state index in [-0.39, 0.29) is 18.2 Å². The normalized spacial score (nSPS) is 18.5. The molecule has 1 atom stereocenters. The highest BCUT2D eigenvalue weighted by atomic mass is 16.5. The van der Waals surface area contributed by atoms with Crippen molar-refractivity contribution in [1.29, 1.82) is 0 Å². The fourth-order valence-corrected chi connectivity index (χ4v) is 2.36. The number of carbonyl (C=O) groups is 1. The van der Waals surface area contributed by atoms with Crippen molar-refractivity contribution in [3.05, 3.63) is 35.4 Å². The van der Waals surface area contributed by atoms with Crippen LogP contribution >= 0.6 is 0 Å². The number of ether oxygens (including phenoxy) is 1. The van der Waals surface area contributed by atoms with Crippen LogP contribution < -0.4 is 0 Å². The smallest absolute Gasteiger partial charge is 0.256 e. The summed E-state index contributed by atoms with van der Waals surface area (Å²) in [5.41, 5.74) is 1.79. The number of amides is 1. The van der Waals surface area contributed by atoms with Crippen LogP contribution in [0.1, 0.15) is 56.3 Å². The number of fused-ring (bicyclic) bond motifs is 1. The third-order valence-corrected chi connectivity index (χ3v) is 3.35. The topological polar surface area (TPSA) is 29.5 Å². The lowest BCUT2D eigenvalue weighted by atomic mass is 10.1. The average molecular weight is 261 g/mol. The molecule has 1 aliphatic rings. The first-order valence-electron chi connectivity index (χ1n) is 7.06. The Hall–Kier alpha value is -1.35. The molecule has 0 unspecified atom stereocenters. The molecule has 19 heavy (non-hydrogen) atoms. The molecule has 1 aliphatic heterocycles. The van der Waals surface area contributed by atoms with Crippen LogP contribution in [0.15, 0.2) is 24.3 Å². The Morgan fingerprint density at radius 1 is 1.21 bits per heavy atom. The van der Waals surface area contributed by atoms with E-state index < -0.39 is 0 Å². The fraction of sp³-hybridized carbons (Fsp3) is 0.562. The van der Waals surface area contributed by atoms with Crippen molar-refractivity contribution in [2.24, 2.45) is 5.92 Å². The SMILES string of the molecule is CC(C)CCN1C(=O)c2ccccc2[C@H]1OC(C)C. The van der Waals surface area contributed by atoms with Crippen molar-refractivity contribution in [2.75, 3.05) is 6.54 Å². The zero-order valence-electron chi connectivity index (χ0n) is 12.2. The number of carbonyl (C=O) groups excluding carboxylic acids is 1. The van der Waals surface area contributed by atoms with E-state index in [4.69, 9.17) is 4.74 Å². The standard InChI is InChI=1S/C16H23NO2/c1-11(2)9-10-17-15(18)13-7-5-6-8-14(13)16(17)19-12(3)4/h5-8,11-12,16H,9-10H2,1-4H3/t16-/m1/s1. The molecule has 3 nitrogen and oxygen atoms in total. The van der Waals surface area contributed by atoms with E-state index in [9.17, 15) is 4.79 Å². The van der Waals surface area contributed by atoms with E-state index in [0.29, 0.717) is 5.92 Å². The Morgan fingerprint density at radius 3 is 2.53 bits per heavy atom. The lowest BCUT2D eigenvalue weighted by Gasteiger charge is -2.27. The summed E-state index contributed by atoms with van der Waals surface area (Å²) in [6.07, 6.45) is 0.880. The summed E-state index contributed by atoms with van der Waals surface area (Å²) in [5, 5.41) is 0. The number of nitrogens with zero attached hydrogens (tertiary/aromatic N) is 1. The van der Waals surface area contributed by atoms with Crippen LogP contribution in [0.5, 0.6) is 0 Å².